The van der Waals surface area contributed by atoms with Gasteiger partial charge in [0.15, 0.2) is 0 Å². The molecular formula is C7H5ClN2O3S. The molecule has 5 nitrogen and oxygen atoms in total. The Kier molecular flexibility index (Phi) is 1.99. The number of rotatable bonds is 1. The summed E-state index contributed by atoms with van der Waals surface area (Å²) < 4.78 is 32.0. The highest BCUT2D eigenvalue weighted by Gasteiger charge is 2.19. The smallest absolute Gasteiger partial charge is 0.289 e. The van der Waals surface area contributed by atoms with Crippen LogP contribution in [0, 0.1) is 0 Å². The van der Waals surface area contributed by atoms with Gasteiger partial charge in [-0.3, -0.25) is 8.95 Å². The van der Waals surface area contributed by atoms with Crippen LogP contribution in [0.5, 0.6) is 0 Å². The first-order valence-electron chi connectivity index (χ1n) is 3.60. The third-order valence-corrected chi connectivity index (χ3v) is 2.77. The van der Waals surface area contributed by atoms with Crippen LogP contribution in [0.15, 0.2) is 29.4 Å². The first kappa shape index (κ1) is 9.45. The van der Waals surface area contributed by atoms with Gasteiger partial charge in [0.2, 0.25) is 10.3 Å². The maximum atomic E-state index is 10.9. The molecule has 0 unspecified atom stereocenters. The lowest BCUT2D eigenvalue weighted by molar-refractivity contribution is 0.481. The first-order chi connectivity index (χ1) is 6.50. The van der Waals surface area contributed by atoms with Crippen LogP contribution in [0.25, 0.3) is 5.52 Å². The predicted molar refractivity (Wildman–Crippen MR) is 50.0 cm³/mol. The fraction of sp³-hybridized carbons (Fsp3) is 0. The summed E-state index contributed by atoms with van der Waals surface area (Å²) >= 11 is 5.66. The van der Waals surface area contributed by atoms with Gasteiger partial charge in [-0.2, -0.15) is 8.42 Å². The van der Waals surface area contributed by atoms with Gasteiger partial charge in [0.1, 0.15) is 0 Å². The lowest BCUT2D eigenvalue weighted by atomic mass is 10.4. The third kappa shape index (κ3) is 1.37. The third-order valence-electron chi connectivity index (χ3n) is 1.72. The molecule has 0 fully saturated rings. The van der Waals surface area contributed by atoms with Crippen LogP contribution in [0.3, 0.4) is 0 Å². The van der Waals surface area contributed by atoms with E-state index in [4.69, 9.17) is 16.2 Å². The molecule has 0 aliphatic heterocycles. The van der Waals surface area contributed by atoms with Gasteiger partial charge in [-0.25, -0.2) is 4.98 Å². The molecule has 0 aromatic carbocycles. The summed E-state index contributed by atoms with van der Waals surface area (Å²) in [7, 11) is -4.32. The minimum Gasteiger partial charge on any atom is -0.289 e. The van der Waals surface area contributed by atoms with Crippen molar-refractivity contribution in [3.63, 3.8) is 0 Å². The van der Waals surface area contributed by atoms with E-state index in [1.165, 1.54) is 10.5 Å². The van der Waals surface area contributed by atoms with E-state index in [0.717, 1.165) is 0 Å². The number of pyridine rings is 1. The zero-order chi connectivity index (χ0) is 10.3. The highest BCUT2D eigenvalue weighted by Crippen LogP contribution is 2.20. The van der Waals surface area contributed by atoms with E-state index in [1.807, 2.05) is 0 Å². The zero-order valence-corrected chi connectivity index (χ0v) is 8.33. The maximum absolute atomic E-state index is 10.9. The molecule has 0 spiro atoms. The average Bonchev–Trinajstić information content (AvgIpc) is 2.44. The van der Waals surface area contributed by atoms with Crippen LogP contribution in [-0.4, -0.2) is 22.4 Å². The molecule has 2 aromatic heterocycles. The van der Waals surface area contributed by atoms with E-state index >= 15 is 0 Å². The molecular weight excluding hydrogens is 228 g/mol. The second-order valence-corrected chi connectivity index (χ2v) is 4.29. The molecule has 0 aliphatic rings. The Morgan fingerprint density at radius 2 is 2.14 bits per heavy atom. The highest BCUT2D eigenvalue weighted by atomic mass is 35.5. The Bertz CT molecular complexity index is 590. The van der Waals surface area contributed by atoms with Crippen LogP contribution in [-0.2, 0) is 10.1 Å². The second kappa shape index (κ2) is 2.94. The van der Waals surface area contributed by atoms with Gasteiger partial charge >= 0.3 is 10.1 Å². The molecule has 0 aliphatic carbocycles. The van der Waals surface area contributed by atoms with Crippen molar-refractivity contribution in [2.45, 2.75) is 5.03 Å². The van der Waals surface area contributed by atoms with E-state index in [-0.39, 0.29) is 10.8 Å². The van der Waals surface area contributed by atoms with Gasteiger partial charge in [0.05, 0.1) is 5.52 Å². The van der Waals surface area contributed by atoms with E-state index in [1.54, 1.807) is 18.3 Å². The number of nitrogens with zero attached hydrogens (tertiary/aromatic N) is 2. The number of imidazole rings is 1. The molecule has 0 bridgehead atoms. The quantitative estimate of drug-likeness (QED) is 0.751. The molecule has 0 atom stereocenters. The summed E-state index contributed by atoms with van der Waals surface area (Å²) in [6.45, 7) is 0. The Labute approximate surface area is 84.7 Å². The van der Waals surface area contributed by atoms with Crippen molar-refractivity contribution in [3.8, 4) is 0 Å². The molecule has 2 aromatic rings. The molecule has 0 saturated carbocycles. The molecule has 0 amide bonds. The molecule has 2 rings (SSSR count). The second-order valence-electron chi connectivity index (χ2n) is 2.62. The summed E-state index contributed by atoms with van der Waals surface area (Å²) in [5, 5.41) is -0.434. The standard InChI is InChI=1S/C7H5ClN2O3S/c8-7-9-6(14(11,12)13)5-3-1-2-4-10(5)7/h1-4H,(H,11,12,13). The number of hydrogen-bond acceptors (Lipinski definition) is 3. The minimum absolute atomic E-state index is 0.00627. The number of aromatic nitrogens is 2. The first-order valence-corrected chi connectivity index (χ1v) is 5.42. The van der Waals surface area contributed by atoms with Gasteiger partial charge in [-0.15, -0.1) is 0 Å². The highest BCUT2D eigenvalue weighted by molar-refractivity contribution is 7.86. The molecule has 0 radical (unpaired) electrons. The summed E-state index contributed by atoms with van der Waals surface area (Å²) in [6.07, 6.45) is 1.55. The summed E-state index contributed by atoms with van der Waals surface area (Å²) in [4.78, 5) is 3.55. The SMILES string of the molecule is O=S(=O)(O)c1nc(Cl)n2ccccc12. The molecule has 2 heterocycles. The monoisotopic (exact) mass is 232 g/mol. The van der Waals surface area contributed by atoms with Crippen molar-refractivity contribution >= 4 is 27.2 Å². The van der Waals surface area contributed by atoms with Crippen molar-refractivity contribution < 1.29 is 13.0 Å². The van der Waals surface area contributed by atoms with E-state index in [0.29, 0.717) is 0 Å². The average molecular weight is 233 g/mol. The predicted octanol–water partition coefficient (Wildman–Crippen LogP) is 1.23. The molecule has 7 heteroatoms. The maximum Gasteiger partial charge on any atom is 0.314 e. The lowest BCUT2D eigenvalue weighted by Crippen LogP contribution is -1.98. The van der Waals surface area contributed by atoms with E-state index < -0.39 is 15.1 Å². The van der Waals surface area contributed by atoms with E-state index in [2.05, 4.69) is 4.98 Å². The fourth-order valence-corrected chi connectivity index (χ4v) is 2.08. The number of hydrogen-bond donors (Lipinski definition) is 1. The van der Waals surface area contributed by atoms with Crippen LogP contribution >= 0.6 is 11.6 Å². The van der Waals surface area contributed by atoms with Crippen molar-refractivity contribution in [2.24, 2.45) is 0 Å². The topological polar surface area (TPSA) is 71.7 Å². The Morgan fingerprint density at radius 1 is 1.43 bits per heavy atom. The Balaban J connectivity index is 2.93. The van der Waals surface area contributed by atoms with Crippen molar-refractivity contribution in [2.75, 3.05) is 0 Å². The molecule has 0 saturated heterocycles. The van der Waals surface area contributed by atoms with Crippen molar-refractivity contribution in [1.29, 1.82) is 0 Å². The van der Waals surface area contributed by atoms with Crippen molar-refractivity contribution in [3.05, 3.63) is 29.7 Å². The van der Waals surface area contributed by atoms with Gasteiger partial charge in [-0.05, 0) is 23.7 Å². The van der Waals surface area contributed by atoms with Crippen LogP contribution < -0.4 is 0 Å². The fourth-order valence-electron chi connectivity index (χ4n) is 1.16. The van der Waals surface area contributed by atoms with Gasteiger partial charge in [0, 0.05) is 6.20 Å². The Morgan fingerprint density at radius 3 is 2.79 bits per heavy atom. The summed E-state index contributed by atoms with van der Waals surface area (Å²) in [6, 6.07) is 4.80. The van der Waals surface area contributed by atoms with Crippen LogP contribution in [0.4, 0.5) is 0 Å². The van der Waals surface area contributed by atoms with Gasteiger partial charge < -0.3 is 0 Å². The lowest BCUT2D eigenvalue weighted by Gasteiger charge is -1.93. The summed E-state index contributed by atoms with van der Waals surface area (Å²) in [5.41, 5.74) is 0.250. The summed E-state index contributed by atoms with van der Waals surface area (Å²) in [5.74, 6) is 0. The minimum atomic E-state index is -4.32. The number of halogens is 1. The van der Waals surface area contributed by atoms with Gasteiger partial charge in [-0.1, -0.05) is 6.07 Å². The molecule has 74 valence electrons. The van der Waals surface area contributed by atoms with Crippen molar-refractivity contribution in [1.82, 2.24) is 9.38 Å². The molecule has 14 heavy (non-hydrogen) atoms. The Hall–Kier alpha value is -1.11. The van der Waals surface area contributed by atoms with Crippen LogP contribution in [0.1, 0.15) is 0 Å². The largest absolute Gasteiger partial charge is 0.314 e. The zero-order valence-electron chi connectivity index (χ0n) is 6.75. The van der Waals surface area contributed by atoms with Gasteiger partial charge in [0.25, 0.3) is 0 Å². The number of fused-ring (bicyclic) bond motifs is 1. The molecule has 1 N–H and O–H groups in total. The van der Waals surface area contributed by atoms with E-state index in [9.17, 15) is 8.42 Å². The van der Waals surface area contributed by atoms with Crippen LogP contribution in [0.2, 0.25) is 5.28 Å². The normalized spacial score (nSPS) is 12.1.